The molecule has 33 heavy (non-hydrogen) atoms. The summed E-state index contributed by atoms with van der Waals surface area (Å²) in [6.45, 7) is 1.82. The summed E-state index contributed by atoms with van der Waals surface area (Å²) in [7, 11) is -3.97. The van der Waals surface area contributed by atoms with Gasteiger partial charge in [-0.1, -0.05) is 71.8 Å². The Labute approximate surface area is 198 Å². The standard InChI is InChI=1S/C26H23ClN2O3S/c1-19-9-15-24(16-10-19)33(31,32)29(23-13-11-22(27)12-14-23)18-26(30)28-17-21-7-4-6-20-5-2-3-8-25(20)21/h2-16H,17-18H2,1H3,(H,28,30). The van der Waals surface area contributed by atoms with Gasteiger partial charge in [-0.05, 0) is 59.7 Å². The molecule has 4 aromatic rings. The van der Waals surface area contributed by atoms with Gasteiger partial charge in [0.05, 0.1) is 10.6 Å². The highest BCUT2D eigenvalue weighted by Gasteiger charge is 2.27. The van der Waals surface area contributed by atoms with E-state index in [0.29, 0.717) is 17.3 Å². The van der Waals surface area contributed by atoms with Crippen LogP contribution >= 0.6 is 11.6 Å². The van der Waals surface area contributed by atoms with Crippen LogP contribution in [0.5, 0.6) is 0 Å². The fourth-order valence-electron chi connectivity index (χ4n) is 3.59. The molecule has 0 aliphatic carbocycles. The van der Waals surface area contributed by atoms with Crippen molar-refractivity contribution >= 4 is 44.0 Å². The molecule has 5 nitrogen and oxygen atoms in total. The van der Waals surface area contributed by atoms with Gasteiger partial charge in [-0.25, -0.2) is 8.42 Å². The number of amides is 1. The fraction of sp³-hybridized carbons (Fsp3) is 0.115. The Bertz CT molecular complexity index is 1380. The number of carbonyl (C=O) groups excluding carboxylic acids is 1. The molecule has 0 unspecified atom stereocenters. The van der Waals surface area contributed by atoms with Crippen molar-refractivity contribution in [3.63, 3.8) is 0 Å². The maximum Gasteiger partial charge on any atom is 0.264 e. The molecule has 168 valence electrons. The lowest BCUT2D eigenvalue weighted by Gasteiger charge is -2.24. The Hall–Kier alpha value is -3.35. The number of rotatable bonds is 7. The molecule has 1 amide bonds. The van der Waals surface area contributed by atoms with Crippen molar-refractivity contribution in [1.29, 1.82) is 0 Å². The lowest BCUT2D eigenvalue weighted by atomic mass is 10.0. The van der Waals surface area contributed by atoms with Crippen LogP contribution in [0.1, 0.15) is 11.1 Å². The van der Waals surface area contributed by atoms with Crippen molar-refractivity contribution in [2.24, 2.45) is 0 Å². The van der Waals surface area contributed by atoms with Gasteiger partial charge in [-0.3, -0.25) is 9.10 Å². The van der Waals surface area contributed by atoms with Crippen LogP contribution in [0.3, 0.4) is 0 Å². The number of nitrogens with zero attached hydrogens (tertiary/aromatic N) is 1. The minimum absolute atomic E-state index is 0.116. The molecule has 0 fully saturated rings. The van der Waals surface area contributed by atoms with Crippen LogP contribution in [0.4, 0.5) is 5.69 Å². The maximum absolute atomic E-state index is 13.4. The Morgan fingerprint density at radius 3 is 2.27 bits per heavy atom. The predicted octanol–water partition coefficient (Wildman–Crippen LogP) is 5.31. The Balaban J connectivity index is 1.59. The SMILES string of the molecule is Cc1ccc(S(=O)(=O)N(CC(=O)NCc2cccc3ccccc23)c2ccc(Cl)cc2)cc1. The molecule has 0 heterocycles. The monoisotopic (exact) mass is 478 g/mol. The van der Waals surface area contributed by atoms with E-state index < -0.39 is 15.9 Å². The molecule has 0 bridgehead atoms. The number of anilines is 1. The molecule has 0 aromatic heterocycles. The first kappa shape index (κ1) is 22.8. The first-order chi connectivity index (χ1) is 15.8. The second kappa shape index (κ2) is 9.65. The molecule has 0 radical (unpaired) electrons. The van der Waals surface area contributed by atoms with Gasteiger partial charge in [0.25, 0.3) is 10.0 Å². The lowest BCUT2D eigenvalue weighted by Crippen LogP contribution is -2.40. The number of aryl methyl sites for hydroxylation is 1. The van der Waals surface area contributed by atoms with Crippen LogP contribution in [0, 0.1) is 6.92 Å². The zero-order valence-corrected chi connectivity index (χ0v) is 19.6. The van der Waals surface area contributed by atoms with Gasteiger partial charge in [0, 0.05) is 11.6 Å². The molecular weight excluding hydrogens is 456 g/mol. The summed E-state index contributed by atoms with van der Waals surface area (Å²) in [6, 6.07) is 26.7. The van der Waals surface area contributed by atoms with Gasteiger partial charge < -0.3 is 5.32 Å². The van der Waals surface area contributed by atoms with Crippen LogP contribution in [0.2, 0.25) is 5.02 Å². The van der Waals surface area contributed by atoms with Crippen molar-refractivity contribution in [3.05, 3.63) is 107 Å². The van der Waals surface area contributed by atoms with E-state index in [1.54, 1.807) is 48.5 Å². The third-order valence-electron chi connectivity index (χ3n) is 5.37. The van der Waals surface area contributed by atoms with Crippen molar-refractivity contribution in [1.82, 2.24) is 5.32 Å². The Kier molecular flexibility index (Phi) is 6.67. The van der Waals surface area contributed by atoms with Crippen LogP contribution in [0.15, 0.2) is 95.9 Å². The van der Waals surface area contributed by atoms with E-state index in [4.69, 9.17) is 11.6 Å². The minimum Gasteiger partial charge on any atom is -0.350 e. The average molecular weight is 479 g/mol. The van der Waals surface area contributed by atoms with Crippen molar-refractivity contribution in [2.75, 3.05) is 10.8 Å². The molecule has 0 aliphatic rings. The summed E-state index contributed by atoms with van der Waals surface area (Å²) in [5.74, 6) is -0.409. The molecule has 0 saturated carbocycles. The number of sulfonamides is 1. The topological polar surface area (TPSA) is 66.5 Å². The van der Waals surface area contributed by atoms with Gasteiger partial charge >= 0.3 is 0 Å². The third-order valence-corrected chi connectivity index (χ3v) is 7.41. The second-order valence-electron chi connectivity index (χ2n) is 7.72. The fourth-order valence-corrected chi connectivity index (χ4v) is 5.13. The molecule has 4 rings (SSSR count). The van der Waals surface area contributed by atoms with Gasteiger partial charge in [-0.2, -0.15) is 0 Å². The summed E-state index contributed by atoms with van der Waals surface area (Å²) in [4.78, 5) is 13.0. The van der Waals surface area contributed by atoms with E-state index >= 15 is 0 Å². The lowest BCUT2D eigenvalue weighted by molar-refractivity contribution is -0.119. The number of hydrogen-bond acceptors (Lipinski definition) is 3. The zero-order chi connectivity index (χ0) is 23.4. The van der Waals surface area contributed by atoms with Gasteiger partial charge in [0.15, 0.2) is 0 Å². The van der Waals surface area contributed by atoms with Gasteiger partial charge in [-0.15, -0.1) is 0 Å². The van der Waals surface area contributed by atoms with Crippen LogP contribution in [-0.2, 0) is 21.4 Å². The average Bonchev–Trinajstić information content (AvgIpc) is 2.82. The van der Waals surface area contributed by atoms with Crippen LogP contribution < -0.4 is 9.62 Å². The summed E-state index contributed by atoms with van der Waals surface area (Å²) in [5, 5.41) is 5.46. The quantitative estimate of drug-likeness (QED) is 0.391. The highest BCUT2D eigenvalue weighted by Crippen LogP contribution is 2.25. The largest absolute Gasteiger partial charge is 0.350 e. The van der Waals surface area contributed by atoms with E-state index in [0.717, 1.165) is 26.2 Å². The number of fused-ring (bicyclic) bond motifs is 1. The zero-order valence-electron chi connectivity index (χ0n) is 18.0. The summed E-state index contributed by atoms with van der Waals surface area (Å²) in [5.41, 5.74) is 2.26. The Morgan fingerprint density at radius 1 is 0.879 bits per heavy atom. The smallest absolute Gasteiger partial charge is 0.264 e. The molecule has 1 N–H and O–H groups in total. The van der Waals surface area contributed by atoms with E-state index in [-0.39, 0.29) is 11.4 Å². The Morgan fingerprint density at radius 2 is 1.55 bits per heavy atom. The van der Waals surface area contributed by atoms with Crippen molar-refractivity contribution in [2.45, 2.75) is 18.4 Å². The van der Waals surface area contributed by atoms with E-state index in [1.807, 2.05) is 49.4 Å². The number of benzene rings is 4. The number of halogens is 1. The van der Waals surface area contributed by atoms with Crippen LogP contribution in [-0.4, -0.2) is 20.9 Å². The van der Waals surface area contributed by atoms with Gasteiger partial charge in [0.2, 0.25) is 5.91 Å². The predicted molar refractivity (Wildman–Crippen MR) is 133 cm³/mol. The van der Waals surface area contributed by atoms with E-state index in [9.17, 15) is 13.2 Å². The molecule has 7 heteroatoms. The first-order valence-corrected chi connectivity index (χ1v) is 12.2. The summed E-state index contributed by atoms with van der Waals surface area (Å²) >= 11 is 5.99. The van der Waals surface area contributed by atoms with E-state index in [2.05, 4.69) is 5.32 Å². The minimum atomic E-state index is -3.97. The van der Waals surface area contributed by atoms with Crippen molar-refractivity contribution < 1.29 is 13.2 Å². The molecule has 0 aliphatic heterocycles. The first-order valence-electron chi connectivity index (χ1n) is 10.4. The number of carbonyl (C=O) groups is 1. The normalized spacial score (nSPS) is 11.3. The number of hydrogen-bond donors (Lipinski definition) is 1. The molecule has 0 spiro atoms. The number of nitrogens with one attached hydrogen (secondary N) is 1. The summed E-state index contributed by atoms with van der Waals surface area (Å²) in [6.07, 6.45) is 0. The van der Waals surface area contributed by atoms with Crippen molar-refractivity contribution in [3.8, 4) is 0 Å². The molecule has 0 atom stereocenters. The summed E-state index contributed by atoms with van der Waals surface area (Å²) < 4.78 is 28.0. The van der Waals surface area contributed by atoms with Gasteiger partial charge in [0.1, 0.15) is 6.54 Å². The van der Waals surface area contributed by atoms with E-state index in [1.165, 1.54) is 0 Å². The third kappa shape index (κ3) is 5.18. The van der Waals surface area contributed by atoms with Crippen LogP contribution in [0.25, 0.3) is 10.8 Å². The molecular formula is C26H23ClN2O3S. The second-order valence-corrected chi connectivity index (χ2v) is 10.0. The maximum atomic E-state index is 13.4. The highest BCUT2D eigenvalue weighted by atomic mass is 35.5. The highest BCUT2D eigenvalue weighted by molar-refractivity contribution is 7.92. The molecule has 4 aromatic carbocycles. The molecule has 0 saturated heterocycles.